The Morgan fingerprint density at radius 3 is 2.60 bits per heavy atom. The molecule has 3 heteroatoms. The smallest absolute Gasteiger partial charge is 0.434 e. The Bertz CT molecular complexity index is 295. The average molecular weight is 208 g/mol. The van der Waals surface area contributed by atoms with Gasteiger partial charge in [-0.05, 0) is 18.9 Å². The first-order valence-electron chi connectivity index (χ1n) is 5.12. The molecule has 0 aliphatic heterocycles. The normalized spacial score (nSPS) is 11.9. The van der Waals surface area contributed by atoms with E-state index in [2.05, 4.69) is 0 Å². The van der Waals surface area contributed by atoms with Crippen LogP contribution in [0.1, 0.15) is 31.9 Å². The van der Waals surface area contributed by atoms with Gasteiger partial charge in [0, 0.05) is 0 Å². The lowest BCUT2D eigenvalue weighted by Crippen LogP contribution is -2.11. The minimum Gasteiger partial charge on any atom is -0.434 e. The molecule has 1 atom stereocenters. The van der Waals surface area contributed by atoms with Crippen LogP contribution in [0, 0.1) is 0 Å². The highest BCUT2D eigenvalue weighted by Gasteiger charge is 2.11. The summed E-state index contributed by atoms with van der Waals surface area (Å²) >= 11 is 0. The summed E-state index contributed by atoms with van der Waals surface area (Å²) in [6.45, 7) is 4.16. The van der Waals surface area contributed by atoms with E-state index in [0.29, 0.717) is 6.61 Å². The molecule has 0 saturated heterocycles. The van der Waals surface area contributed by atoms with Crippen molar-refractivity contribution in [3.05, 3.63) is 35.9 Å². The lowest BCUT2D eigenvalue weighted by Gasteiger charge is -2.12. The van der Waals surface area contributed by atoms with E-state index in [0.717, 1.165) is 12.0 Å². The second kappa shape index (κ2) is 6.06. The Morgan fingerprint density at radius 1 is 1.33 bits per heavy atom. The summed E-state index contributed by atoms with van der Waals surface area (Å²) < 4.78 is 9.90. The van der Waals surface area contributed by atoms with Crippen molar-refractivity contribution in [3.63, 3.8) is 0 Å². The maximum atomic E-state index is 11.1. The van der Waals surface area contributed by atoms with E-state index >= 15 is 0 Å². The predicted octanol–water partition coefficient (Wildman–Crippen LogP) is 3.31. The van der Waals surface area contributed by atoms with Gasteiger partial charge in [-0.15, -0.1) is 0 Å². The molecule has 0 fully saturated rings. The standard InChI is InChI=1S/C12H16O3/c1-3-9-14-12(13)15-10(2)11-7-5-4-6-8-11/h4-8,10H,3,9H2,1-2H3. The SMILES string of the molecule is CCCOC(=O)OC(C)c1ccccc1. The lowest BCUT2D eigenvalue weighted by molar-refractivity contribution is 0.0287. The maximum Gasteiger partial charge on any atom is 0.508 e. The molecule has 0 saturated carbocycles. The quantitative estimate of drug-likeness (QED) is 0.712. The van der Waals surface area contributed by atoms with E-state index in [1.165, 1.54) is 0 Å². The van der Waals surface area contributed by atoms with Gasteiger partial charge in [0.25, 0.3) is 0 Å². The zero-order chi connectivity index (χ0) is 11.1. The van der Waals surface area contributed by atoms with Crippen LogP contribution in [-0.2, 0) is 9.47 Å². The van der Waals surface area contributed by atoms with Crippen molar-refractivity contribution in [2.24, 2.45) is 0 Å². The molecule has 15 heavy (non-hydrogen) atoms. The first-order chi connectivity index (χ1) is 7.24. The van der Waals surface area contributed by atoms with E-state index in [1.54, 1.807) is 0 Å². The third-order valence-electron chi connectivity index (χ3n) is 1.97. The summed E-state index contributed by atoms with van der Waals surface area (Å²) in [7, 11) is 0. The number of carbonyl (C=O) groups excluding carboxylic acids is 1. The minimum atomic E-state index is -0.604. The molecule has 1 aromatic carbocycles. The molecule has 0 amide bonds. The molecular weight excluding hydrogens is 192 g/mol. The molecule has 0 aliphatic carbocycles. The molecule has 0 bridgehead atoms. The van der Waals surface area contributed by atoms with E-state index in [9.17, 15) is 4.79 Å². The lowest BCUT2D eigenvalue weighted by atomic mass is 10.1. The summed E-state index contributed by atoms with van der Waals surface area (Å²) in [6, 6.07) is 9.57. The predicted molar refractivity (Wildman–Crippen MR) is 57.6 cm³/mol. The first-order valence-corrected chi connectivity index (χ1v) is 5.12. The Labute approximate surface area is 90.0 Å². The second-order valence-electron chi connectivity index (χ2n) is 3.27. The van der Waals surface area contributed by atoms with Crippen LogP contribution in [0.3, 0.4) is 0 Å². The third-order valence-corrected chi connectivity index (χ3v) is 1.97. The molecule has 0 aromatic heterocycles. The highest BCUT2D eigenvalue weighted by atomic mass is 16.7. The van der Waals surface area contributed by atoms with E-state index < -0.39 is 6.16 Å². The highest BCUT2D eigenvalue weighted by molar-refractivity contribution is 5.60. The summed E-state index contributed by atoms with van der Waals surface area (Å²) in [5, 5.41) is 0. The van der Waals surface area contributed by atoms with Crippen molar-refractivity contribution in [2.75, 3.05) is 6.61 Å². The highest BCUT2D eigenvalue weighted by Crippen LogP contribution is 2.16. The van der Waals surface area contributed by atoms with Crippen molar-refractivity contribution in [2.45, 2.75) is 26.4 Å². The Kier molecular flexibility index (Phi) is 4.68. The van der Waals surface area contributed by atoms with Gasteiger partial charge in [0.15, 0.2) is 0 Å². The zero-order valence-corrected chi connectivity index (χ0v) is 9.10. The van der Waals surface area contributed by atoms with E-state index in [4.69, 9.17) is 9.47 Å². The molecule has 3 nitrogen and oxygen atoms in total. The van der Waals surface area contributed by atoms with Gasteiger partial charge in [-0.3, -0.25) is 0 Å². The molecule has 82 valence electrons. The number of carbonyl (C=O) groups is 1. The summed E-state index contributed by atoms with van der Waals surface area (Å²) in [5.74, 6) is 0. The molecular formula is C12H16O3. The molecule has 0 heterocycles. The summed E-state index contributed by atoms with van der Waals surface area (Å²) in [5.41, 5.74) is 0.964. The van der Waals surface area contributed by atoms with Crippen LogP contribution in [0.15, 0.2) is 30.3 Å². The number of rotatable bonds is 4. The number of hydrogen-bond donors (Lipinski definition) is 0. The monoisotopic (exact) mass is 208 g/mol. The summed E-state index contributed by atoms with van der Waals surface area (Å²) in [4.78, 5) is 11.1. The van der Waals surface area contributed by atoms with Gasteiger partial charge in [0.05, 0.1) is 6.61 Å². The van der Waals surface area contributed by atoms with Gasteiger partial charge in [0.2, 0.25) is 0 Å². The van der Waals surface area contributed by atoms with Crippen LogP contribution in [0.2, 0.25) is 0 Å². The average Bonchev–Trinajstić information content (AvgIpc) is 2.27. The Hall–Kier alpha value is -1.51. The third kappa shape index (κ3) is 4.02. The number of benzene rings is 1. The van der Waals surface area contributed by atoms with Crippen molar-refractivity contribution in [3.8, 4) is 0 Å². The van der Waals surface area contributed by atoms with Crippen LogP contribution in [0.4, 0.5) is 4.79 Å². The van der Waals surface area contributed by atoms with Crippen molar-refractivity contribution in [1.82, 2.24) is 0 Å². The maximum absolute atomic E-state index is 11.1. The first kappa shape index (κ1) is 11.6. The van der Waals surface area contributed by atoms with Crippen LogP contribution in [0.5, 0.6) is 0 Å². The molecule has 1 unspecified atom stereocenters. The minimum absolute atomic E-state index is 0.268. The molecule has 1 rings (SSSR count). The van der Waals surface area contributed by atoms with Crippen LogP contribution in [-0.4, -0.2) is 12.8 Å². The Morgan fingerprint density at radius 2 is 2.00 bits per heavy atom. The van der Waals surface area contributed by atoms with E-state index in [-0.39, 0.29) is 6.10 Å². The molecule has 0 radical (unpaired) electrons. The van der Waals surface area contributed by atoms with Crippen LogP contribution >= 0.6 is 0 Å². The zero-order valence-electron chi connectivity index (χ0n) is 9.10. The molecule has 0 aliphatic rings. The van der Waals surface area contributed by atoms with E-state index in [1.807, 2.05) is 44.2 Å². The van der Waals surface area contributed by atoms with Crippen molar-refractivity contribution in [1.29, 1.82) is 0 Å². The Balaban J connectivity index is 2.42. The largest absolute Gasteiger partial charge is 0.508 e. The van der Waals surface area contributed by atoms with Crippen LogP contribution in [0.25, 0.3) is 0 Å². The fourth-order valence-corrected chi connectivity index (χ4v) is 1.16. The number of ether oxygens (including phenoxy) is 2. The van der Waals surface area contributed by atoms with Crippen LogP contribution < -0.4 is 0 Å². The van der Waals surface area contributed by atoms with Gasteiger partial charge in [-0.1, -0.05) is 37.3 Å². The van der Waals surface area contributed by atoms with Gasteiger partial charge in [-0.25, -0.2) is 4.79 Å². The fourth-order valence-electron chi connectivity index (χ4n) is 1.16. The van der Waals surface area contributed by atoms with Gasteiger partial charge < -0.3 is 9.47 Å². The van der Waals surface area contributed by atoms with Gasteiger partial charge in [0.1, 0.15) is 6.10 Å². The molecule has 1 aromatic rings. The number of hydrogen-bond acceptors (Lipinski definition) is 3. The second-order valence-corrected chi connectivity index (χ2v) is 3.27. The van der Waals surface area contributed by atoms with Crippen molar-refractivity contribution >= 4 is 6.16 Å². The van der Waals surface area contributed by atoms with Gasteiger partial charge >= 0.3 is 6.16 Å². The van der Waals surface area contributed by atoms with Crippen molar-refractivity contribution < 1.29 is 14.3 Å². The summed E-state index contributed by atoms with van der Waals surface area (Å²) in [6.07, 6.45) is -0.0711. The topological polar surface area (TPSA) is 35.5 Å². The van der Waals surface area contributed by atoms with Gasteiger partial charge in [-0.2, -0.15) is 0 Å². The fraction of sp³-hybridized carbons (Fsp3) is 0.417. The molecule has 0 spiro atoms. The molecule has 0 N–H and O–H groups in total.